The van der Waals surface area contributed by atoms with Crippen LogP contribution < -0.4 is 15.5 Å². The molecule has 2 aliphatic rings. The minimum atomic E-state index is 0.0842. The van der Waals surface area contributed by atoms with Gasteiger partial charge in [0.05, 0.1) is 0 Å². The lowest BCUT2D eigenvalue weighted by Gasteiger charge is -2.33. The Morgan fingerprint density at radius 1 is 1.10 bits per heavy atom. The number of amides is 1. The normalized spacial score (nSPS) is 19.6. The Hall–Kier alpha value is -1.55. The monoisotopic (exact) mass is 287 g/mol. The number of nitrogens with one attached hydrogen (secondary N) is 2. The van der Waals surface area contributed by atoms with Crippen LogP contribution in [-0.2, 0) is 11.3 Å². The first-order chi connectivity index (χ1) is 10.2. The van der Waals surface area contributed by atoms with Crippen molar-refractivity contribution in [3.8, 4) is 0 Å². The Kier molecular flexibility index (Phi) is 4.44. The molecule has 0 unspecified atom stereocenters. The molecule has 1 aromatic carbocycles. The molecule has 2 fully saturated rings. The van der Waals surface area contributed by atoms with Crippen LogP contribution in [0.15, 0.2) is 24.3 Å². The van der Waals surface area contributed by atoms with Crippen molar-refractivity contribution in [2.45, 2.75) is 51.2 Å². The average Bonchev–Trinajstić information content (AvgIpc) is 3.30. The Morgan fingerprint density at radius 2 is 1.76 bits per heavy atom. The molecule has 0 spiro atoms. The van der Waals surface area contributed by atoms with Gasteiger partial charge in [-0.3, -0.25) is 4.79 Å². The molecule has 1 amide bonds. The number of nitrogens with zero attached hydrogens (tertiary/aromatic N) is 1. The maximum absolute atomic E-state index is 11.1. The molecule has 0 aromatic heterocycles. The smallest absolute Gasteiger partial charge is 0.217 e. The lowest BCUT2D eigenvalue weighted by Crippen LogP contribution is -2.44. The van der Waals surface area contributed by atoms with Crippen molar-refractivity contribution in [2.75, 3.05) is 18.0 Å². The van der Waals surface area contributed by atoms with Crippen molar-refractivity contribution in [1.82, 2.24) is 10.6 Å². The Balaban J connectivity index is 1.49. The summed E-state index contributed by atoms with van der Waals surface area (Å²) < 4.78 is 0. The maximum Gasteiger partial charge on any atom is 0.217 e. The molecule has 1 saturated carbocycles. The van der Waals surface area contributed by atoms with Gasteiger partial charge in [-0.05, 0) is 43.4 Å². The summed E-state index contributed by atoms with van der Waals surface area (Å²) in [6.07, 6.45) is 4.73. The van der Waals surface area contributed by atoms with Gasteiger partial charge in [0.15, 0.2) is 0 Å². The minimum Gasteiger partial charge on any atom is -0.371 e. The number of hydrogen-bond donors (Lipinski definition) is 2. The molecule has 3 rings (SSSR count). The summed E-state index contributed by atoms with van der Waals surface area (Å²) in [6.45, 7) is 4.62. The first-order valence-corrected chi connectivity index (χ1v) is 8.05. The highest BCUT2D eigenvalue weighted by Gasteiger charge is 2.21. The van der Waals surface area contributed by atoms with E-state index in [1.807, 2.05) is 0 Å². The topological polar surface area (TPSA) is 44.4 Å². The average molecular weight is 287 g/mol. The highest BCUT2D eigenvalue weighted by Crippen LogP contribution is 2.22. The lowest BCUT2D eigenvalue weighted by molar-refractivity contribution is -0.119. The summed E-state index contributed by atoms with van der Waals surface area (Å²) in [6, 6.07) is 10.0. The second-order valence-electron chi connectivity index (χ2n) is 6.28. The third kappa shape index (κ3) is 4.21. The van der Waals surface area contributed by atoms with E-state index in [4.69, 9.17) is 0 Å². The predicted octanol–water partition coefficient (Wildman–Crippen LogP) is 2.04. The van der Waals surface area contributed by atoms with Crippen molar-refractivity contribution in [3.05, 3.63) is 29.8 Å². The van der Waals surface area contributed by atoms with Gasteiger partial charge in [-0.2, -0.15) is 0 Å². The molecular formula is C17H25N3O. The van der Waals surface area contributed by atoms with Crippen molar-refractivity contribution in [3.63, 3.8) is 0 Å². The molecule has 0 bridgehead atoms. The fourth-order valence-electron chi connectivity index (χ4n) is 2.94. The van der Waals surface area contributed by atoms with Gasteiger partial charge in [0.25, 0.3) is 0 Å². The molecule has 2 N–H and O–H groups in total. The zero-order valence-corrected chi connectivity index (χ0v) is 12.8. The Labute approximate surface area is 126 Å². The van der Waals surface area contributed by atoms with Gasteiger partial charge in [-0.1, -0.05) is 12.1 Å². The zero-order chi connectivity index (χ0) is 14.7. The number of piperidine rings is 1. The van der Waals surface area contributed by atoms with E-state index in [-0.39, 0.29) is 5.91 Å². The second-order valence-corrected chi connectivity index (χ2v) is 6.28. The molecule has 4 heteroatoms. The molecule has 1 aromatic rings. The molecule has 1 aliphatic carbocycles. The molecule has 1 saturated heterocycles. The first kappa shape index (κ1) is 14.4. The van der Waals surface area contributed by atoms with Crippen LogP contribution in [-0.4, -0.2) is 31.1 Å². The van der Waals surface area contributed by atoms with Crippen LogP contribution in [0, 0.1) is 0 Å². The largest absolute Gasteiger partial charge is 0.371 e. The quantitative estimate of drug-likeness (QED) is 0.871. The van der Waals surface area contributed by atoms with E-state index in [9.17, 15) is 4.79 Å². The van der Waals surface area contributed by atoms with Crippen LogP contribution >= 0.6 is 0 Å². The Bertz CT molecular complexity index is 473. The van der Waals surface area contributed by atoms with E-state index < -0.39 is 0 Å². The minimum absolute atomic E-state index is 0.0842. The van der Waals surface area contributed by atoms with Gasteiger partial charge in [-0.25, -0.2) is 0 Å². The van der Waals surface area contributed by atoms with Gasteiger partial charge in [0.2, 0.25) is 5.91 Å². The summed E-state index contributed by atoms with van der Waals surface area (Å²) >= 11 is 0. The standard InChI is InChI=1S/C17H25N3O/c1-13(21)19-16-8-10-20(11-9-16)17-6-2-14(3-7-17)12-18-15-4-5-15/h2-3,6-7,15-16,18H,4-5,8-12H2,1H3,(H,19,21). The molecule has 4 nitrogen and oxygen atoms in total. The van der Waals surface area contributed by atoms with Crippen LogP contribution in [0.2, 0.25) is 0 Å². The summed E-state index contributed by atoms with van der Waals surface area (Å²) in [5, 5.41) is 6.56. The number of benzene rings is 1. The molecule has 1 aliphatic heterocycles. The fraction of sp³-hybridized carbons (Fsp3) is 0.588. The summed E-state index contributed by atoms with van der Waals surface area (Å²) in [5.41, 5.74) is 2.66. The van der Waals surface area contributed by atoms with E-state index in [1.165, 1.54) is 24.1 Å². The van der Waals surface area contributed by atoms with Crippen LogP contribution in [0.4, 0.5) is 5.69 Å². The molecule has 0 radical (unpaired) electrons. The van der Waals surface area contributed by atoms with Crippen molar-refractivity contribution >= 4 is 11.6 Å². The number of rotatable bonds is 5. The summed E-state index contributed by atoms with van der Waals surface area (Å²) in [5.74, 6) is 0.0842. The SMILES string of the molecule is CC(=O)NC1CCN(c2ccc(CNC3CC3)cc2)CC1. The van der Waals surface area contributed by atoms with Crippen molar-refractivity contribution < 1.29 is 4.79 Å². The molecule has 21 heavy (non-hydrogen) atoms. The van der Waals surface area contributed by atoms with Gasteiger partial charge >= 0.3 is 0 Å². The first-order valence-electron chi connectivity index (χ1n) is 8.05. The fourth-order valence-corrected chi connectivity index (χ4v) is 2.94. The van der Waals surface area contributed by atoms with Crippen LogP contribution in [0.25, 0.3) is 0 Å². The highest BCUT2D eigenvalue weighted by atomic mass is 16.1. The van der Waals surface area contributed by atoms with Crippen molar-refractivity contribution in [2.24, 2.45) is 0 Å². The van der Waals surface area contributed by atoms with E-state index in [0.717, 1.165) is 38.5 Å². The van der Waals surface area contributed by atoms with Gasteiger partial charge < -0.3 is 15.5 Å². The molecule has 0 atom stereocenters. The molecule has 114 valence electrons. The number of anilines is 1. The van der Waals surface area contributed by atoms with Gasteiger partial charge in [-0.15, -0.1) is 0 Å². The molecular weight excluding hydrogens is 262 g/mol. The van der Waals surface area contributed by atoms with E-state index in [0.29, 0.717) is 6.04 Å². The van der Waals surface area contributed by atoms with Crippen molar-refractivity contribution in [1.29, 1.82) is 0 Å². The van der Waals surface area contributed by atoms with Gasteiger partial charge in [0.1, 0.15) is 0 Å². The maximum atomic E-state index is 11.1. The number of carbonyl (C=O) groups excluding carboxylic acids is 1. The lowest BCUT2D eigenvalue weighted by atomic mass is 10.0. The third-order valence-corrected chi connectivity index (χ3v) is 4.38. The second kappa shape index (κ2) is 6.48. The summed E-state index contributed by atoms with van der Waals surface area (Å²) in [7, 11) is 0. The van der Waals surface area contributed by atoms with Gasteiger partial charge in [0, 0.05) is 44.3 Å². The zero-order valence-electron chi connectivity index (χ0n) is 12.8. The van der Waals surface area contributed by atoms with Crippen LogP contribution in [0.5, 0.6) is 0 Å². The van der Waals surface area contributed by atoms with E-state index >= 15 is 0 Å². The van der Waals surface area contributed by atoms with Crippen LogP contribution in [0.1, 0.15) is 38.2 Å². The number of hydrogen-bond acceptors (Lipinski definition) is 3. The third-order valence-electron chi connectivity index (χ3n) is 4.38. The van der Waals surface area contributed by atoms with E-state index in [2.05, 4.69) is 39.8 Å². The predicted molar refractivity (Wildman–Crippen MR) is 85.4 cm³/mol. The van der Waals surface area contributed by atoms with Crippen LogP contribution in [0.3, 0.4) is 0 Å². The summed E-state index contributed by atoms with van der Waals surface area (Å²) in [4.78, 5) is 13.5. The highest BCUT2D eigenvalue weighted by molar-refractivity contribution is 5.73. The Morgan fingerprint density at radius 3 is 2.33 bits per heavy atom. The number of carbonyl (C=O) groups is 1. The molecule has 1 heterocycles. The van der Waals surface area contributed by atoms with E-state index in [1.54, 1.807) is 6.92 Å².